The lowest BCUT2D eigenvalue weighted by molar-refractivity contribution is 0.277. The number of nitrogens with zero attached hydrogens (tertiary/aromatic N) is 6. The molecular weight excluding hydrogens is 252 g/mol. The quantitative estimate of drug-likeness (QED) is 0.792. The van der Waals surface area contributed by atoms with Crippen LogP contribution in [0.25, 0.3) is 0 Å². The summed E-state index contributed by atoms with van der Waals surface area (Å²) in [5, 5.41) is 21.5. The third kappa shape index (κ3) is 2.13. The van der Waals surface area contributed by atoms with Crippen molar-refractivity contribution in [2.75, 3.05) is 0 Å². The number of halogens is 1. The number of tetrazole rings is 1. The predicted molar refractivity (Wildman–Crippen MR) is 55.9 cm³/mol. The van der Waals surface area contributed by atoms with Crippen molar-refractivity contribution in [1.29, 1.82) is 0 Å². The normalized spacial score (nSPS) is 10.7. The summed E-state index contributed by atoms with van der Waals surface area (Å²) >= 11 is 7.04. The van der Waals surface area contributed by atoms with E-state index in [0.29, 0.717) is 15.7 Å². The summed E-state index contributed by atoms with van der Waals surface area (Å²) < 4.78 is 1.50. The first-order chi connectivity index (χ1) is 7.72. The number of aromatic nitrogens is 6. The highest BCUT2D eigenvalue weighted by Gasteiger charge is 2.13. The smallest absolute Gasteiger partial charge is 0.215 e. The SMILES string of the molecule is Cn1nnnc1Sc1ncnc(Cl)c1CO. The first-order valence-corrected chi connectivity index (χ1v) is 5.42. The highest BCUT2D eigenvalue weighted by atomic mass is 35.5. The van der Waals surface area contributed by atoms with Gasteiger partial charge in [0.05, 0.1) is 6.61 Å². The number of aliphatic hydroxyl groups excluding tert-OH is 1. The van der Waals surface area contributed by atoms with Gasteiger partial charge in [-0.05, 0) is 22.2 Å². The molecule has 2 heterocycles. The number of hydrogen-bond donors (Lipinski definition) is 1. The Labute approximate surface area is 99.9 Å². The van der Waals surface area contributed by atoms with Gasteiger partial charge in [0.15, 0.2) is 0 Å². The van der Waals surface area contributed by atoms with Crippen molar-refractivity contribution in [2.24, 2.45) is 7.05 Å². The zero-order chi connectivity index (χ0) is 11.5. The molecule has 2 rings (SSSR count). The molecule has 0 saturated heterocycles. The van der Waals surface area contributed by atoms with Crippen LogP contribution in [0.5, 0.6) is 0 Å². The standard InChI is InChI=1S/C7H7ClN6OS/c1-14-7(11-12-13-14)16-6-4(2-15)5(8)9-3-10-6/h3,15H,2H2,1H3. The van der Waals surface area contributed by atoms with Crippen LogP contribution in [0.1, 0.15) is 5.56 Å². The van der Waals surface area contributed by atoms with Gasteiger partial charge in [0.25, 0.3) is 0 Å². The van der Waals surface area contributed by atoms with Crippen molar-refractivity contribution in [3.8, 4) is 0 Å². The molecule has 0 radical (unpaired) electrons. The van der Waals surface area contributed by atoms with Crippen molar-refractivity contribution in [1.82, 2.24) is 30.2 Å². The van der Waals surface area contributed by atoms with Crippen LogP contribution >= 0.6 is 23.4 Å². The summed E-state index contributed by atoms with van der Waals surface area (Å²) in [6, 6.07) is 0. The third-order valence-corrected chi connectivity index (χ3v) is 3.18. The number of rotatable bonds is 3. The topological polar surface area (TPSA) is 89.6 Å². The van der Waals surface area contributed by atoms with Crippen molar-refractivity contribution in [2.45, 2.75) is 16.8 Å². The van der Waals surface area contributed by atoms with E-state index in [9.17, 15) is 0 Å². The van der Waals surface area contributed by atoms with E-state index in [0.717, 1.165) is 0 Å². The van der Waals surface area contributed by atoms with Crippen LogP contribution in [0.2, 0.25) is 5.15 Å². The Bertz CT molecular complexity index is 503. The Kier molecular flexibility index (Phi) is 3.32. The van der Waals surface area contributed by atoms with Gasteiger partial charge in [0.2, 0.25) is 5.16 Å². The maximum absolute atomic E-state index is 9.16. The van der Waals surface area contributed by atoms with Gasteiger partial charge >= 0.3 is 0 Å². The van der Waals surface area contributed by atoms with E-state index in [2.05, 4.69) is 25.5 Å². The minimum atomic E-state index is -0.229. The summed E-state index contributed by atoms with van der Waals surface area (Å²) in [5.74, 6) is 0. The lowest BCUT2D eigenvalue weighted by Gasteiger charge is -2.04. The first-order valence-electron chi connectivity index (χ1n) is 4.23. The average Bonchev–Trinajstić information content (AvgIpc) is 2.65. The van der Waals surface area contributed by atoms with Gasteiger partial charge in [-0.3, -0.25) is 0 Å². The van der Waals surface area contributed by atoms with E-state index in [4.69, 9.17) is 16.7 Å². The minimum absolute atomic E-state index is 0.229. The van der Waals surface area contributed by atoms with E-state index < -0.39 is 0 Å². The molecule has 0 atom stereocenters. The molecule has 16 heavy (non-hydrogen) atoms. The molecule has 0 spiro atoms. The molecule has 0 saturated carbocycles. The number of aliphatic hydroxyl groups is 1. The van der Waals surface area contributed by atoms with Crippen LogP contribution in [-0.2, 0) is 13.7 Å². The Morgan fingerprint density at radius 1 is 1.50 bits per heavy atom. The van der Waals surface area contributed by atoms with Crippen LogP contribution in [0.15, 0.2) is 16.5 Å². The molecule has 0 aliphatic carbocycles. The van der Waals surface area contributed by atoms with Crippen LogP contribution in [-0.4, -0.2) is 35.3 Å². The van der Waals surface area contributed by atoms with Crippen LogP contribution in [0.3, 0.4) is 0 Å². The van der Waals surface area contributed by atoms with E-state index in [1.807, 2.05) is 0 Å². The van der Waals surface area contributed by atoms with Crippen molar-refractivity contribution >= 4 is 23.4 Å². The van der Waals surface area contributed by atoms with Crippen molar-refractivity contribution < 1.29 is 5.11 Å². The number of aryl methyl sites for hydroxylation is 1. The fourth-order valence-corrected chi connectivity index (χ4v) is 2.04. The zero-order valence-electron chi connectivity index (χ0n) is 8.20. The third-order valence-electron chi connectivity index (χ3n) is 1.78. The molecule has 0 unspecified atom stereocenters. The van der Waals surface area contributed by atoms with Crippen LogP contribution in [0, 0.1) is 0 Å². The summed E-state index contributed by atoms with van der Waals surface area (Å²) in [6.45, 7) is -0.229. The maximum atomic E-state index is 9.16. The highest BCUT2D eigenvalue weighted by Crippen LogP contribution is 2.28. The Hall–Kier alpha value is -1.25. The second-order valence-corrected chi connectivity index (χ2v) is 4.11. The molecular formula is C7H7ClN6OS. The van der Waals surface area contributed by atoms with Gasteiger partial charge in [0, 0.05) is 12.6 Å². The summed E-state index contributed by atoms with van der Waals surface area (Å²) in [7, 11) is 1.71. The monoisotopic (exact) mass is 258 g/mol. The average molecular weight is 259 g/mol. The van der Waals surface area contributed by atoms with E-state index in [-0.39, 0.29) is 11.8 Å². The molecule has 0 amide bonds. The van der Waals surface area contributed by atoms with Gasteiger partial charge in [-0.25, -0.2) is 14.6 Å². The fourth-order valence-electron chi connectivity index (χ4n) is 0.991. The van der Waals surface area contributed by atoms with E-state index in [1.54, 1.807) is 7.05 Å². The van der Waals surface area contributed by atoms with E-state index >= 15 is 0 Å². The fraction of sp³-hybridized carbons (Fsp3) is 0.286. The largest absolute Gasteiger partial charge is 0.391 e. The van der Waals surface area contributed by atoms with Gasteiger partial charge in [-0.15, -0.1) is 5.10 Å². The van der Waals surface area contributed by atoms with Crippen molar-refractivity contribution in [3.05, 3.63) is 17.0 Å². The maximum Gasteiger partial charge on any atom is 0.215 e. The molecule has 9 heteroatoms. The van der Waals surface area contributed by atoms with Crippen LogP contribution in [0.4, 0.5) is 0 Å². The first kappa shape index (κ1) is 11.2. The van der Waals surface area contributed by atoms with Gasteiger partial charge in [-0.1, -0.05) is 11.6 Å². The van der Waals surface area contributed by atoms with Crippen LogP contribution < -0.4 is 0 Å². The minimum Gasteiger partial charge on any atom is -0.391 e. The lowest BCUT2D eigenvalue weighted by atomic mass is 10.4. The van der Waals surface area contributed by atoms with Crippen molar-refractivity contribution in [3.63, 3.8) is 0 Å². The molecule has 2 aromatic heterocycles. The summed E-state index contributed by atoms with van der Waals surface area (Å²) in [5.41, 5.74) is 0.470. The molecule has 2 aromatic rings. The Balaban J connectivity index is 2.35. The van der Waals surface area contributed by atoms with Gasteiger partial charge < -0.3 is 5.11 Å². The molecule has 0 aliphatic rings. The molecule has 0 aliphatic heterocycles. The second-order valence-electron chi connectivity index (χ2n) is 2.79. The summed E-state index contributed by atoms with van der Waals surface area (Å²) in [4.78, 5) is 7.81. The molecule has 0 bridgehead atoms. The molecule has 0 aromatic carbocycles. The van der Waals surface area contributed by atoms with E-state index in [1.165, 1.54) is 22.8 Å². The number of hydrogen-bond acceptors (Lipinski definition) is 7. The lowest BCUT2D eigenvalue weighted by Crippen LogP contribution is -1.98. The Morgan fingerprint density at radius 3 is 2.94 bits per heavy atom. The molecule has 7 nitrogen and oxygen atoms in total. The molecule has 1 N–H and O–H groups in total. The van der Waals surface area contributed by atoms with Gasteiger partial charge in [0.1, 0.15) is 16.5 Å². The molecule has 0 fully saturated rings. The highest BCUT2D eigenvalue weighted by molar-refractivity contribution is 7.99. The Morgan fingerprint density at radius 2 is 2.31 bits per heavy atom. The van der Waals surface area contributed by atoms with Gasteiger partial charge in [-0.2, -0.15) is 0 Å². The predicted octanol–water partition coefficient (Wildman–Crippen LogP) is 0.297. The zero-order valence-corrected chi connectivity index (χ0v) is 9.77. The second kappa shape index (κ2) is 4.73. The molecule has 84 valence electrons. The summed E-state index contributed by atoms with van der Waals surface area (Å²) in [6.07, 6.45) is 1.33.